The topological polar surface area (TPSA) is 66.5 Å². The van der Waals surface area contributed by atoms with Crippen molar-refractivity contribution < 1.29 is 18.3 Å². The van der Waals surface area contributed by atoms with Crippen LogP contribution in [0.1, 0.15) is 66.8 Å². The molecule has 0 fully saturated rings. The third-order valence-corrected chi connectivity index (χ3v) is 23.5. The molecule has 11 heteroatoms. The molecule has 0 bridgehead atoms. The first-order valence-electron chi connectivity index (χ1n) is 36.9. The lowest BCUT2D eigenvalue weighted by Crippen LogP contribution is -2.64. The van der Waals surface area contributed by atoms with Gasteiger partial charge in [-0.25, -0.2) is 0 Å². The van der Waals surface area contributed by atoms with E-state index >= 15 is 0 Å². The molecule has 21 rings (SSSR count). The van der Waals surface area contributed by atoms with Crippen LogP contribution in [0, 0.1) is 83.1 Å². The molecule has 15 aromatic rings. The first-order chi connectivity index (χ1) is 51.0. The van der Waals surface area contributed by atoms with Gasteiger partial charge >= 0.3 is 0 Å². The summed E-state index contributed by atoms with van der Waals surface area (Å²) in [6.07, 6.45) is 0. The molecule has 8 nitrogen and oxygen atoms in total. The normalized spacial score (nSPS) is 13.6. The van der Waals surface area contributed by atoms with Gasteiger partial charge in [0.15, 0.2) is 0 Å². The lowest BCUT2D eigenvalue weighted by atomic mass is 9.30. The van der Waals surface area contributed by atoms with Gasteiger partial charge in [0.05, 0.1) is 28.4 Å². The lowest BCUT2D eigenvalue weighted by Gasteiger charge is -2.44. The highest BCUT2D eigenvalue weighted by Crippen LogP contribution is 2.53. The highest BCUT2D eigenvalue weighted by atomic mass is 16.5. The van der Waals surface area contributed by atoms with Crippen LogP contribution < -0.4 is 79.0 Å². The minimum Gasteiger partial charge on any atom is -0.468 e. The predicted octanol–water partition coefficient (Wildman–Crippen LogP) is 19.0. The van der Waals surface area contributed by atoms with Gasteiger partial charge in [0.25, 0.3) is 20.1 Å². The molecular weight excluding hydrogens is 1280 g/mol. The van der Waals surface area contributed by atoms with Crippen molar-refractivity contribution in [2.75, 3.05) is 20.0 Å². The van der Waals surface area contributed by atoms with Crippen LogP contribution >= 0.6 is 0 Å². The molecule has 1 N–H and O–H groups in total. The van der Waals surface area contributed by atoms with Crippen LogP contribution in [0.4, 0.5) is 62.6 Å². The maximum atomic E-state index is 7.82. The second-order valence-electron chi connectivity index (χ2n) is 30.7. The Kier molecular flexibility index (Phi) is 13.0. The Morgan fingerprint density at radius 3 is 1.18 bits per heavy atom. The van der Waals surface area contributed by atoms with E-state index in [4.69, 9.17) is 18.3 Å². The van der Waals surface area contributed by atoms with Gasteiger partial charge in [-0.15, -0.1) is 0 Å². The van der Waals surface area contributed by atoms with Crippen molar-refractivity contribution in [1.29, 1.82) is 0 Å². The van der Waals surface area contributed by atoms with E-state index < -0.39 is 0 Å². The summed E-state index contributed by atoms with van der Waals surface area (Å²) >= 11 is 0. The van der Waals surface area contributed by atoms with E-state index in [1.54, 1.807) is 0 Å². The van der Waals surface area contributed by atoms with E-state index in [0.717, 1.165) is 168 Å². The van der Waals surface area contributed by atoms with E-state index in [1.165, 1.54) is 88.9 Å². The van der Waals surface area contributed by atoms with Crippen molar-refractivity contribution in [1.82, 2.24) is 0 Å². The van der Waals surface area contributed by atoms with Crippen molar-refractivity contribution >= 4 is 154 Å². The summed E-state index contributed by atoms with van der Waals surface area (Å²) in [7, 11) is 0. The zero-order chi connectivity index (χ0) is 71.0. The Bertz CT molecular complexity index is 6310. The SMILES string of the molecule is Cc1cc(C)c(-c2cc3c4c(c2)Oc2cc5c(cc2B4c2cc4c(cc2O3)Nc2cc(-c3c(C)cc(C)cc3C)cc3c2B4c2oc4ccccc4c2N3c2ccccc2)B2c3oc4ccccc4c3N(c3ccccc3)c3cc(-c4c(C)cc(C)cc4C)cc(c32)N5c2c(C)cc(C)cc2C)c(C)c1. The lowest BCUT2D eigenvalue weighted by molar-refractivity contribution is 0.465. The quantitative estimate of drug-likeness (QED) is 0.165. The summed E-state index contributed by atoms with van der Waals surface area (Å²) in [4.78, 5) is 7.54. The monoisotopic (exact) mass is 1350 g/mol. The molecule has 6 aliphatic heterocycles. The third kappa shape index (κ3) is 8.85. The molecule has 0 atom stereocenters. The minimum absolute atomic E-state index is 0.324. The third-order valence-electron chi connectivity index (χ3n) is 23.5. The first-order valence-corrected chi connectivity index (χ1v) is 36.9. The highest BCUT2D eigenvalue weighted by molar-refractivity contribution is 7.03. The van der Waals surface area contributed by atoms with E-state index in [2.05, 4.69) is 321 Å². The van der Waals surface area contributed by atoms with E-state index in [0.29, 0.717) is 0 Å². The van der Waals surface area contributed by atoms with Crippen molar-refractivity contribution in [3.8, 4) is 56.4 Å². The molecule has 0 spiro atoms. The number of benzene rings is 13. The van der Waals surface area contributed by atoms with Crippen LogP contribution in [0.25, 0.3) is 55.3 Å². The number of nitrogens with one attached hydrogen (secondary N) is 1. The Balaban J connectivity index is 0.856. The Hall–Kier alpha value is -12.1. The summed E-state index contributed by atoms with van der Waals surface area (Å²) in [5.74, 6) is 3.12. The Morgan fingerprint density at radius 2 is 0.686 bits per heavy atom. The molecule has 105 heavy (non-hydrogen) atoms. The highest BCUT2D eigenvalue weighted by Gasteiger charge is 2.52. The van der Waals surface area contributed by atoms with Crippen LogP contribution in [0.2, 0.25) is 0 Å². The average Bonchev–Trinajstić information content (AvgIpc) is 1.26. The number of rotatable bonds is 6. The fourth-order valence-corrected chi connectivity index (χ4v) is 20.0. The molecule has 8 heterocycles. The summed E-state index contributed by atoms with van der Waals surface area (Å²) in [6.45, 7) is 25.8. The van der Waals surface area contributed by atoms with Crippen LogP contribution in [0.3, 0.4) is 0 Å². The molecule has 0 amide bonds. The zero-order valence-electron chi connectivity index (χ0n) is 61.0. The van der Waals surface area contributed by atoms with Crippen LogP contribution in [-0.2, 0) is 0 Å². The molecular formula is C94H73B3N4O4. The zero-order valence-corrected chi connectivity index (χ0v) is 61.0. The van der Waals surface area contributed by atoms with Crippen LogP contribution in [0.15, 0.2) is 227 Å². The van der Waals surface area contributed by atoms with E-state index in [1.807, 2.05) is 0 Å². The number of hydrogen-bond acceptors (Lipinski definition) is 8. The second-order valence-corrected chi connectivity index (χ2v) is 30.7. The van der Waals surface area contributed by atoms with Crippen molar-refractivity contribution in [2.45, 2.75) is 83.1 Å². The van der Waals surface area contributed by atoms with Gasteiger partial charge < -0.3 is 38.3 Å². The molecule has 0 aliphatic carbocycles. The van der Waals surface area contributed by atoms with Gasteiger partial charge in [-0.2, -0.15) is 0 Å². The fourth-order valence-electron chi connectivity index (χ4n) is 20.0. The molecule has 13 aromatic carbocycles. The molecule has 0 saturated heterocycles. The van der Waals surface area contributed by atoms with Crippen LogP contribution in [-0.4, -0.2) is 20.1 Å². The molecule has 0 unspecified atom stereocenters. The van der Waals surface area contributed by atoms with Crippen molar-refractivity contribution in [3.05, 3.63) is 285 Å². The van der Waals surface area contributed by atoms with Gasteiger partial charge in [-0.3, -0.25) is 0 Å². The molecule has 502 valence electrons. The second kappa shape index (κ2) is 22.2. The maximum absolute atomic E-state index is 7.82. The predicted molar refractivity (Wildman–Crippen MR) is 440 cm³/mol. The van der Waals surface area contributed by atoms with E-state index in [9.17, 15) is 0 Å². The smallest absolute Gasteiger partial charge is 0.297 e. The minimum atomic E-state index is -0.370. The summed E-state index contributed by atoms with van der Waals surface area (Å²) in [5, 5.41) is 6.27. The van der Waals surface area contributed by atoms with Gasteiger partial charge in [0.1, 0.15) is 34.2 Å². The van der Waals surface area contributed by atoms with Gasteiger partial charge in [0, 0.05) is 73.9 Å². The Morgan fingerprint density at radius 1 is 0.286 bits per heavy atom. The summed E-state index contributed by atoms with van der Waals surface area (Å²) in [6, 6.07) is 81.5. The molecule has 0 saturated carbocycles. The van der Waals surface area contributed by atoms with E-state index in [-0.39, 0.29) is 20.1 Å². The standard InChI is InChI=1S/C94H73B3N4O4/c1-49-31-53(5)84(54(6)32-49)61-39-73-87-75(40-61)99(64-23-15-13-16-24-64)91-66-27-19-21-29-78(66)104-93(91)96(87)68-45-70-80(47-72(68)98-73)102-82-43-63(86-57(9)35-51(3)36-58(86)10)44-83-89(82)95(70)71-46-69-74(48-81(71)103-83)101(90-59(11)37-52(4)38-60(90)12)77-42-62(85-55(7)33-50(2)34-56(85)8)41-76-88(77)97(69)94-92(67-28-20-22-30-79(67)105-94)100(76)65-25-17-14-18-26-65/h13-48,98H,1-12H3. The fraction of sp³-hybridized carbons (Fsp3) is 0.128. The molecule has 2 aromatic heterocycles. The number of hydrogen-bond donors (Lipinski definition) is 1. The number of para-hydroxylation sites is 4. The van der Waals surface area contributed by atoms with Crippen molar-refractivity contribution in [2.24, 2.45) is 0 Å². The largest absolute Gasteiger partial charge is 0.468 e. The van der Waals surface area contributed by atoms with Gasteiger partial charge in [-0.05, 0) is 279 Å². The number of ether oxygens (including phenoxy) is 2. The van der Waals surface area contributed by atoms with Crippen LogP contribution in [0.5, 0.6) is 23.0 Å². The Labute approximate surface area is 613 Å². The number of anilines is 11. The van der Waals surface area contributed by atoms with Gasteiger partial charge in [0.2, 0.25) is 0 Å². The van der Waals surface area contributed by atoms with Gasteiger partial charge in [-0.1, -0.05) is 144 Å². The number of furan rings is 2. The number of aryl methyl sites for hydroxylation is 12. The maximum Gasteiger partial charge on any atom is 0.297 e. The summed E-state index contributed by atoms with van der Waals surface area (Å²) < 4.78 is 30.5. The average molecular weight is 1360 g/mol. The first kappa shape index (κ1) is 61.6. The summed E-state index contributed by atoms with van der Waals surface area (Å²) in [5.41, 5.74) is 44.5. The number of nitrogens with zero attached hydrogens (tertiary/aromatic N) is 3. The molecule has 0 radical (unpaired) electrons. The van der Waals surface area contributed by atoms with Crippen molar-refractivity contribution in [3.63, 3.8) is 0 Å². The number of fused-ring (bicyclic) bond motifs is 16. The molecule has 6 aliphatic rings.